The number of carbonyl (C=O) groups excluding carboxylic acids is 1. The number of carboxylic acid groups (broad SMARTS) is 1. The highest BCUT2D eigenvalue weighted by Crippen LogP contribution is 2.27. The van der Waals surface area contributed by atoms with E-state index in [0.717, 1.165) is 12.8 Å². The monoisotopic (exact) mass is 311 g/mol. The van der Waals surface area contributed by atoms with Gasteiger partial charge in [-0.15, -0.1) is 0 Å². The average Bonchev–Trinajstić information content (AvgIpc) is 2.52. The topological polar surface area (TPSA) is 66.8 Å². The van der Waals surface area contributed by atoms with Crippen LogP contribution < -0.4 is 0 Å². The van der Waals surface area contributed by atoms with Crippen molar-refractivity contribution in [3.05, 3.63) is 0 Å². The van der Waals surface area contributed by atoms with Gasteiger partial charge in [-0.25, -0.2) is 0 Å². The summed E-state index contributed by atoms with van der Waals surface area (Å²) in [4.78, 5) is 25.4. The van der Waals surface area contributed by atoms with Crippen LogP contribution >= 0.6 is 0 Å². The van der Waals surface area contributed by atoms with Crippen molar-refractivity contribution >= 4 is 11.9 Å². The molecule has 1 saturated heterocycles. The number of piperidine rings is 1. The van der Waals surface area contributed by atoms with E-state index in [4.69, 9.17) is 9.84 Å². The van der Waals surface area contributed by atoms with Gasteiger partial charge in [-0.1, -0.05) is 26.7 Å². The molecule has 126 valence electrons. The second-order valence-electron chi connectivity index (χ2n) is 6.86. The first kappa shape index (κ1) is 17.3. The van der Waals surface area contributed by atoms with Crippen LogP contribution in [-0.4, -0.2) is 47.2 Å². The summed E-state index contributed by atoms with van der Waals surface area (Å²) in [7, 11) is 0. The molecule has 0 bridgehead atoms. The summed E-state index contributed by atoms with van der Waals surface area (Å²) in [5, 5.41) is 9.03. The molecule has 0 aromatic carbocycles. The van der Waals surface area contributed by atoms with Gasteiger partial charge in [0, 0.05) is 13.1 Å². The van der Waals surface area contributed by atoms with Gasteiger partial charge < -0.3 is 14.7 Å². The predicted octanol–water partition coefficient (Wildman–Crippen LogP) is 2.68. The van der Waals surface area contributed by atoms with Crippen LogP contribution in [0.25, 0.3) is 0 Å². The molecule has 1 saturated carbocycles. The zero-order valence-electron chi connectivity index (χ0n) is 13.8. The fourth-order valence-electron chi connectivity index (χ4n) is 3.61. The van der Waals surface area contributed by atoms with Crippen molar-refractivity contribution in [2.24, 2.45) is 11.8 Å². The number of amides is 1. The standard InChI is InChI=1S/C17H29NO4/c1-3-15(22-14-6-4-5-12(2)11-14)16(19)18-9-7-13(8-10-18)17(20)21/h12-15H,3-11H2,1-2H3,(H,20,21). The highest BCUT2D eigenvalue weighted by molar-refractivity contribution is 5.81. The first-order valence-corrected chi connectivity index (χ1v) is 8.68. The van der Waals surface area contributed by atoms with Gasteiger partial charge in [0.2, 0.25) is 0 Å². The van der Waals surface area contributed by atoms with E-state index in [-0.39, 0.29) is 24.0 Å². The molecule has 1 N–H and O–H groups in total. The van der Waals surface area contributed by atoms with Crippen LogP contribution in [0.1, 0.15) is 58.8 Å². The van der Waals surface area contributed by atoms with Gasteiger partial charge in [0.1, 0.15) is 6.10 Å². The number of rotatable bonds is 5. The van der Waals surface area contributed by atoms with Crippen LogP contribution in [0.3, 0.4) is 0 Å². The Labute approximate surface area is 133 Å². The van der Waals surface area contributed by atoms with Crippen molar-refractivity contribution in [2.75, 3.05) is 13.1 Å². The molecular weight excluding hydrogens is 282 g/mol. The van der Waals surface area contributed by atoms with Crippen molar-refractivity contribution in [2.45, 2.75) is 71.0 Å². The fourth-order valence-corrected chi connectivity index (χ4v) is 3.61. The molecule has 0 spiro atoms. The largest absolute Gasteiger partial charge is 0.481 e. The number of hydrogen-bond donors (Lipinski definition) is 1. The van der Waals surface area contributed by atoms with Gasteiger partial charge >= 0.3 is 5.97 Å². The van der Waals surface area contributed by atoms with Crippen LogP contribution in [0.15, 0.2) is 0 Å². The Kier molecular flexibility index (Phi) is 6.24. The van der Waals surface area contributed by atoms with E-state index in [1.165, 1.54) is 12.8 Å². The Bertz CT molecular complexity index is 390. The number of hydrogen-bond acceptors (Lipinski definition) is 3. The van der Waals surface area contributed by atoms with Gasteiger partial charge in [0.25, 0.3) is 5.91 Å². The zero-order valence-corrected chi connectivity index (χ0v) is 13.8. The molecule has 1 amide bonds. The van der Waals surface area contributed by atoms with Crippen LogP contribution in [0.4, 0.5) is 0 Å². The minimum Gasteiger partial charge on any atom is -0.481 e. The number of nitrogens with zero attached hydrogens (tertiary/aromatic N) is 1. The molecule has 0 aromatic heterocycles. The molecule has 22 heavy (non-hydrogen) atoms. The highest BCUT2D eigenvalue weighted by Gasteiger charge is 2.32. The fraction of sp³-hybridized carbons (Fsp3) is 0.882. The summed E-state index contributed by atoms with van der Waals surface area (Å²) >= 11 is 0. The third kappa shape index (κ3) is 4.45. The first-order chi connectivity index (χ1) is 10.5. The van der Waals surface area contributed by atoms with Crippen molar-refractivity contribution in [1.82, 2.24) is 4.90 Å². The van der Waals surface area contributed by atoms with E-state index >= 15 is 0 Å². The number of ether oxygens (including phenoxy) is 1. The van der Waals surface area contributed by atoms with E-state index in [0.29, 0.717) is 38.3 Å². The minimum atomic E-state index is -0.744. The lowest BCUT2D eigenvalue weighted by molar-refractivity contribution is -0.154. The van der Waals surface area contributed by atoms with Gasteiger partial charge in [-0.2, -0.15) is 0 Å². The summed E-state index contributed by atoms with van der Waals surface area (Å²) in [5.41, 5.74) is 0. The lowest BCUT2D eigenvalue weighted by Crippen LogP contribution is -2.46. The van der Waals surface area contributed by atoms with Gasteiger partial charge in [0.05, 0.1) is 12.0 Å². The van der Waals surface area contributed by atoms with Crippen LogP contribution in [0.2, 0.25) is 0 Å². The third-order valence-electron chi connectivity index (χ3n) is 5.05. The second-order valence-corrected chi connectivity index (χ2v) is 6.86. The molecule has 5 nitrogen and oxygen atoms in total. The number of likely N-dealkylation sites (tertiary alicyclic amines) is 1. The van der Waals surface area contributed by atoms with E-state index in [1.54, 1.807) is 4.90 Å². The van der Waals surface area contributed by atoms with E-state index in [1.807, 2.05) is 6.92 Å². The lowest BCUT2D eigenvalue weighted by Gasteiger charge is -2.35. The maximum Gasteiger partial charge on any atom is 0.306 e. The Balaban J connectivity index is 1.85. The summed E-state index contributed by atoms with van der Waals surface area (Å²) in [6.45, 7) is 5.31. The zero-order chi connectivity index (χ0) is 16.1. The summed E-state index contributed by atoms with van der Waals surface area (Å²) < 4.78 is 6.09. The molecule has 0 radical (unpaired) electrons. The molecule has 3 atom stereocenters. The smallest absolute Gasteiger partial charge is 0.306 e. The number of aliphatic carboxylic acids is 1. The summed E-state index contributed by atoms with van der Waals surface area (Å²) in [6.07, 6.45) is 6.16. The molecule has 1 aliphatic heterocycles. The second kappa shape index (κ2) is 7.95. The van der Waals surface area contributed by atoms with Gasteiger partial charge in [-0.3, -0.25) is 9.59 Å². The Morgan fingerprint density at radius 3 is 2.45 bits per heavy atom. The number of carboxylic acids is 1. The molecule has 1 aliphatic carbocycles. The predicted molar refractivity (Wildman–Crippen MR) is 83.5 cm³/mol. The lowest BCUT2D eigenvalue weighted by atomic mass is 9.88. The van der Waals surface area contributed by atoms with E-state index in [9.17, 15) is 9.59 Å². The Morgan fingerprint density at radius 2 is 1.91 bits per heavy atom. The van der Waals surface area contributed by atoms with Gasteiger partial charge in [0.15, 0.2) is 0 Å². The molecule has 5 heteroatoms. The minimum absolute atomic E-state index is 0.0459. The van der Waals surface area contributed by atoms with Gasteiger partial charge in [-0.05, 0) is 38.0 Å². The SMILES string of the molecule is CCC(OC1CCCC(C)C1)C(=O)N1CCC(C(=O)O)CC1. The highest BCUT2D eigenvalue weighted by atomic mass is 16.5. The molecule has 2 rings (SSSR count). The van der Waals surface area contributed by atoms with Crippen molar-refractivity contribution in [3.8, 4) is 0 Å². The van der Waals surface area contributed by atoms with E-state index in [2.05, 4.69) is 6.92 Å². The maximum atomic E-state index is 12.6. The Morgan fingerprint density at radius 1 is 1.23 bits per heavy atom. The first-order valence-electron chi connectivity index (χ1n) is 8.68. The van der Waals surface area contributed by atoms with Crippen LogP contribution in [0.5, 0.6) is 0 Å². The molecule has 2 fully saturated rings. The maximum absolute atomic E-state index is 12.6. The summed E-state index contributed by atoms with van der Waals surface area (Å²) in [6, 6.07) is 0. The van der Waals surface area contributed by atoms with E-state index < -0.39 is 5.97 Å². The average molecular weight is 311 g/mol. The van der Waals surface area contributed by atoms with Crippen molar-refractivity contribution in [3.63, 3.8) is 0 Å². The quantitative estimate of drug-likeness (QED) is 0.847. The molecule has 1 heterocycles. The molecular formula is C17H29NO4. The molecule has 3 unspecified atom stereocenters. The van der Waals surface area contributed by atoms with Crippen LogP contribution in [0, 0.1) is 11.8 Å². The van der Waals surface area contributed by atoms with Crippen molar-refractivity contribution in [1.29, 1.82) is 0 Å². The third-order valence-corrected chi connectivity index (χ3v) is 5.05. The van der Waals surface area contributed by atoms with Crippen molar-refractivity contribution < 1.29 is 19.4 Å². The Hall–Kier alpha value is -1.10. The van der Waals surface area contributed by atoms with Crippen LogP contribution in [-0.2, 0) is 14.3 Å². The molecule has 0 aromatic rings. The molecule has 2 aliphatic rings. The summed E-state index contributed by atoms with van der Waals surface area (Å²) in [5.74, 6) is -0.321. The number of carbonyl (C=O) groups is 2. The normalized spacial score (nSPS) is 28.4.